The minimum Gasteiger partial charge on any atom is -0.503 e. The molecule has 1 heterocycles. The molecule has 27 heavy (non-hydrogen) atoms. The third kappa shape index (κ3) is 3.75. The molecular formula is C17H11ClN2O5S2. The highest BCUT2D eigenvalue weighted by atomic mass is 35.5. The molecule has 10 heteroatoms. The van der Waals surface area contributed by atoms with Crippen molar-refractivity contribution in [2.45, 2.75) is 0 Å². The van der Waals surface area contributed by atoms with E-state index in [9.17, 15) is 20.0 Å². The number of carbonyl (C=O) groups is 1. The van der Waals surface area contributed by atoms with Gasteiger partial charge in [-0.15, -0.1) is 0 Å². The zero-order chi connectivity index (χ0) is 19.7. The van der Waals surface area contributed by atoms with Crippen molar-refractivity contribution in [3.05, 3.63) is 62.0 Å². The van der Waals surface area contributed by atoms with E-state index in [0.29, 0.717) is 16.2 Å². The highest BCUT2D eigenvalue weighted by Gasteiger charge is 2.34. The summed E-state index contributed by atoms with van der Waals surface area (Å²) in [6, 6.07) is 8.69. The van der Waals surface area contributed by atoms with E-state index in [2.05, 4.69) is 0 Å². The van der Waals surface area contributed by atoms with Gasteiger partial charge >= 0.3 is 0 Å². The summed E-state index contributed by atoms with van der Waals surface area (Å²) in [7, 11) is 1.39. The Hall–Kier alpha value is -2.62. The molecule has 3 rings (SSSR count). The molecule has 138 valence electrons. The van der Waals surface area contributed by atoms with E-state index in [4.69, 9.17) is 28.6 Å². The SMILES string of the molecule is COc1cc(/C=C2/SC(=S)N(c3cccc([N+](=O)[O-])c3)C2=O)cc(Cl)c1O. The van der Waals surface area contributed by atoms with Crippen molar-refractivity contribution in [1.82, 2.24) is 0 Å². The summed E-state index contributed by atoms with van der Waals surface area (Å²) in [6.07, 6.45) is 1.56. The maximum Gasteiger partial charge on any atom is 0.271 e. The summed E-state index contributed by atoms with van der Waals surface area (Å²) in [5.74, 6) is -0.433. The first-order chi connectivity index (χ1) is 12.8. The first kappa shape index (κ1) is 19.2. The van der Waals surface area contributed by atoms with Gasteiger partial charge in [-0.05, 0) is 29.8 Å². The third-order valence-electron chi connectivity index (χ3n) is 3.66. The number of halogens is 1. The van der Waals surface area contributed by atoms with Gasteiger partial charge in [-0.25, -0.2) is 0 Å². The second-order valence-corrected chi connectivity index (χ2v) is 7.43. The Labute approximate surface area is 168 Å². The van der Waals surface area contributed by atoms with Crippen LogP contribution in [0.25, 0.3) is 6.08 Å². The molecule has 7 nitrogen and oxygen atoms in total. The summed E-state index contributed by atoms with van der Waals surface area (Å²) in [4.78, 5) is 24.7. The summed E-state index contributed by atoms with van der Waals surface area (Å²) in [6.45, 7) is 0. The minimum atomic E-state index is -0.540. The van der Waals surface area contributed by atoms with Crippen LogP contribution in [0.4, 0.5) is 11.4 Å². The van der Waals surface area contributed by atoms with Gasteiger partial charge in [0.15, 0.2) is 15.8 Å². The Morgan fingerprint density at radius 3 is 2.78 bits per heavy atom. The Morgan fingerprint density at radius 2 is 2.11 bits per heavy atom. The van der Waals surface area contributed by atoms with Crippen LogP contribution >= 0.6 is 35.6 Å². The van der Waals surface area contributed by atoms with Crippen LogP contribution in [0.15, 0.2) is 41.3 Å². The molecule has 1 saturated heterocycles. The van der Waals surface area contributed by atoms with Gasteiger partial charge < -0.3 is 9.84 Å². The molecule has 0 radical (unpaired) electrons. The molecule has 1 fully saturated rings. The molecule has 1 N–H and O–H groups in total. The Morgan fingerprint density at radius 1 is 1.37 bits per heavy atom. The van der Waals surface area contributed by atoms with Crippen molar-refractivity contribution in [3.63, 3.8) is 0 Å². The number of non-ortho nitro benzene ring substituents is 1. The number of thioether (sulfide) groups is 1. The molecule has 0 aromatic heterocycles. The number of ether oxygens (including phenoxy) is 1. The number of benzene rings is 2. The van der Waals surface area contributed by atoms with Crippen LogP contribution in [-0.2, 0) is 4.79 Å². The number of thiocarbonyl (C=S) groups is 1. The van der Waals surface area contributed by atoms with Crippen molar-refractivity contribution in [1.29, 1.82) is 0 Å². The van der Waals surface area contributed by atoms with Crippen LogP contribution in [0, 0.1) is 10.1 Å². The van der Waals surface area contributed by atoms with Crippen LogP contribution in [-0.4, -0.2) is 27.4 Å². The van der Waals surface area contributed by atoms with E-state index in [1.807, 2.05) is 0 Å². The second-order valence-electron chi connectivity index (χ2n) is 5.35. The lowest BCUT2D eigenvalue weighted by Gasteiger charge is -2.14. The lowest BCUT2D eigenvalue weighted by Crippen LogP contribution is -2.27. The van der Waals surface area contributed by atoms with Crippen LogP contribution in [0.3, 0.4) is 0 Å². The Bertz CT molecular complexity index is 1010. The fourth-order valence-corrected chi connectivity index (χ4v) is 3.94. The van der Waals surface area contributed by atoms with Gasteiger partial charge in [0.05, 0.1) is 27.6 Å². The molecule has 1 aliphatic heterocycles. The number of phenolic OH excluding ortho intramolecular Hbond substituents is 1. The Balaban J connectivity index is 1.97. The number of nitro groups is 1. The van der Waals surface area contributed by atoms with Gasteiger partial charge in [0.2, 0.25) is 0 Å². The monoisotopic (exact) mass is 422 g/mol. The highest BCUT2D eigenvalue weighted by Crippen LogP contribution is 2.39. The summed E-state index contributed by atoms with van der Waals surface area (Å²) >= 11 is 12.3. The van der Waals surface area contributed by atoms with Crippen LogP contribution < -0.4 is 9.64 Å². The number of hydrogen-bond acceptors (Lipinski definition) is 7. The van der Waals surface area contributed by atoms with E-state index in [1.165, 1.54) is 42.3 Å². The summed E-state index contributed by atoms with van der Waals surface area (Å²) in [5, 5.41) is 20.8. The fraction of sp³-hybridized carbons (Fsp3) is 0.0588. The number of nitrogens with zero attached hydrogens (tertiary/aromatic N) is 2. The molecule has 0 atom stereocenters. The first-order valence-electron chi connectivity index (χ1n) is 7.40. The average molecular weight is 423 g/mol. The maximum absolute atomic E-state index is 12.8. The molecule has 2 aromatic carbocycles. The molecule has 1 aliphatic rings. The topological polar surface area (TPSA) is 92.9 Å². The van der Waals surface area contributed by atoms with E-state index < -0.39 is 10.8 Å². The molecule has 0 spiro atoms. The second kappa shape index (κ2) is 7.55. The normalized spacial score (nSPS) is 15.5. The number of methoxy groups -OCH3 is 1. The molecular weight excluding hydrogens is 412 g/mol. The lowest BCUT2D eigenvalue weighted by molar-refractivity contribution is -0.384. The number of amides is 1. The minimum absolute atomic E-state index is 0.0785. The molecule has 0 unspecified atom stereocenters. The van der Waals surface area contributed by atoms with Crippen molar-refractivity contribution < 1.29 is 19.6 Å². The van der Waals surface area contributed by atoms with Gasteiger partial charge in [-0.2, -0.15) is 0 Å². The predicted octanol–water partition coefficient (Wildman–Crippen LogP) is 4.37. The first-order valence-corrected chi connectivity index (χ1v) is 9.01. The third-order valence-corrected chi connectivity index (χ3v) is 5.25. The standard InChI is InChI=1S/C17H11ClN2O5S2/c1-25-13-6-9(5-12(18)15(13)21)7-14-16(22)19(17(26)27-14)10-3-2-4-11(8-10)20(23)24/h2-8,21H,1H3/b14-7+. The summed E-state index contributed by atoms with van der Waals surface area (Å²) < 4.78 is 5.30. The van der Waals surface area contributed by atoms with Crippen molar-refractivity contribution >= 4 is 63.3 Å². The van der Waals surface area contributed by atoms with E-state index in [1.54, 1.807) is 12.1 Å². The fourth-order valence-electron chi connectivity index (χ4n) is 2.42. The highest BCUT2D eigenvalue weighted by molar-refractivity contribution is 8.27. The van der Waals surface area contributed by atoms with E-state index in [0.717, 1.165) is 11.8 Å². The van der Waals surface area contributed by atoms with Gasteiger partial charge in [0, 0.05) is 12.1 Å². The average Bonchev–Trinajstić information content (AvgIpc) is 2.91. The zero-order valence-electron chi connectivity index (χ0n) is 13.7. The van der Waals surface area contributed by atoms with Crippen molar-refractivity contribution in [2.75, 3.05) is 12.0 Å². The van der Waals surface area contributed by atoms with Crippen LogP contribution in [0.5, 0.6) is 11.5 Å². The smallest absolute Gasteiger partial charge is 0.271 e. The number of aromatic hydroxyl groups is 1. The molecule has 2 aromatic rings. The van der Waals surface area contributed by atoms with Crippen LogP contribution in [0.1, 0.15) is 5.56 Å². The van der Waals surface area contributed by atoms with Crippen molar-refractivity contribution in [2.24, 2.45) is 0 Å². The van der Waals surface area contributed by atoms with Crippen LogP contribution in [0.2, 0.25) is 5.02 Å². The quantitative estimate of drug-likeness (QED) is 0.338. The molecule has 1 amide bonds. The van der Waals surface area contributed by atoms with E-state index >= 15 is 0 Å². The number of hydrogen-bond donors (Lipinski definition) is 1. The van der Waals surface area contributed by atoms with Gasteiger partial charge in [0.25, 0.3) is 11.6 Å². The number of rotatable bonds is 4. The molecule has 0 aliphatic carbocycles. The summed E-state index contributed by atoms with van der Waals surface area (Å²) in [5.41, 5.74) is 0.714. The van der Waals surface area contributed by atoms with Gasteiger partial charge in [-0.1, -0.05) is 41.6 Å². The van der Waals surface area contributed by atoms with Gasteiger partial charge in [0.1, 0.15) is 0 Å². The van der Waals surface area contributed by atoms with Crippen molar-refractivity contribution in [3.8, 4) is 11.5 Å². The predicted molar refractivity (Wildman–Crippen MR) is 108 cm³/mol. The number of phenols is 1. The molecule has 0 saturated carbocycles. The number of anilines is 1. The van der Waals surface area contributed by atoms with Gasteiger partial charge in [-0.3, -0.25) is 19.8 Å². The number of carbonyl (C=O) groups excluding carboxylic acids is 1. The lowest BCUT2D eigenvalue weighted by atomic mass is 10.1. The largest absolute Gasteiger partial charge is 0.503 e. The molecule has 0 bridgehead atoms. The zero-order valence-corrected chi connectivity index (χ0v) is 16.1. The van der Waals surface area contributed by atoms with E-state index in [-0.39, 0.29) is 26.5 Å². The maximum atomic E-state index is 12.8. The number of nitro benzene ring substituents is 1. The Kier molecular flexibility index (Phi) is 5.36.